The summed E-state index contributed by atoms with van der Waals surface area (Å²) in [5.74, 6) is -0.789. The van der Waals surface area contributed by atoms with E-state index in [0.717, 1.165) is 18.2 Å². The first-order valence-electron chi connectivity index (χ1n) is 7.79. The molecule has 146 valence electrons. The molecule has 1 amide bonds. The topological polar surface area (TPSA) is 108 Å². The molecule has 3 rings (SSSR count). The maximum Gasteiger partial charge on any atom is 0.422 e. The molecule has 0 aliphatic heterocycles. The number of rotatable bonds is 5. The number of amides is 1. The van der Waals surface area contributed by atoms with Gasteiger partial charge in [-0.25, -0.2) is 4.98 Å². The Bertz CT molecular complexity index is 1060. The van der Waals surface area contributed by atoms with Gasteiger partial charge in [-0.3, -0.25) is 14.9 Å². The van der Waals surface area contributed by atoms with E-state index in [1.165, 1.54) is 12.1 Å². The number of hydrogen-bond donors (Lipinski definition) is 1. The molecule has 1 aromatic heterocycles. The number of aryl methyl sites for hydroxylation is 1. The predicted octanol–water partition coefficient (Wildman–Crippen LogP) is 4.24. The summed E-state index contributed by atoms with van der Waals surface area (Å²) in [5.41, 5.74) is 0.217. The number of carbonyl (C=O) groups excluding carboxylic acids is 1. The molecule has 0 saturated heterocycles. The van der Waals surface area contributed by atoms with Gasteiger partial charge in [0, 0.05) is 18.7 Å². The summed E-state index contributed by atoms with van der Waals surface area (Å²) in [5, 5.41) is 13.6. The number of hydrogen-bond acceptors (Lipinski definition) is 6. The van der Waals surface area contributed by atoms with Crippen molar-refractivity contribution in [1.82, 2.24) is 4.98 Å². The van der Waals surface area contributed by atoms with Gasteiger partial charge in [0.15, 0.2) is 18.1 Å². The molecule has 11 heteroatoms. The molecule has 0 fully saturated rings. The van der Waals surface area contributed by atoms with Crippen molar-refractivity contribution >= 4 is 28.4 Å². The fourth-order valence-corrected chi connectivity index (χ4v) is 2.43. The van der Waals surface area contributed by atoms with Crippen LogP contribution in [0, 0.1) is 17.0 Å². The number of oxazole rings is 1. The molecule has 28 heavy (non-hydrogen) atoms. The van der Waals surface area contributed by atoms with Crippen molar-refractivity contribution in [2.45, 2.75) is 13.1 Å². The number of aromatic nitrogens is 1. The zero-order valence-corrected chi connectivity index (χ0v) is 14.2. The summed E-state index contributed by atoms with van der Waals surface area (Å²) in [4.78, 5) is 27.0. The van der Waals surface area contributed by atoms with Crippen molar-refractivity contribution < 1.29 is 32.0 Å². The molecule has 0 aliphatic rings. The van der Waals surface area contributed by atoms with Crippen LogP contribution in [-0.4, -0.2) is 28.6 Å². The number of nitro benzene ring substituents is 1. The second kappa shape index (κ2) is 7.18. The van der Waals surface area contributed by atoms with Gasteiger partial charge in [-0.15, -0.1) is 0 Å². The summed E-state index contributed by atoms with van der Waals surface area (Å²) in [6.07, 6.45) is -4.59. The van der Waals surface area contributed by atoms with Gasteiger partial charge in [-0.2, -0.15) is 13.2 Å². The summed E-state index contributed by atoms with van der Waals surface area (Å²) in [7, 11) is 0. The van der Waals surface area contributed by atoms with Crippen LogP contribution in [0.2, 0.25) is 0 Å². The lowest BCUT2D eigenvalue weighted by Gasteiger charge is -2.11. The molecule has 1 heterocycles. The third kappa shape index (κ3) is 4.37. The van der Waals surface area contributed by atoms with E-state index in [0.29, 0.717) is 17.0 Å². The Hall–Kier alpha value is -3.63. The van der Waals surface area contributed by atoms with Crippen LogP contribution in [-0.2, 0) is 0 Å². The molecule has 0 bridgehead atoms. The Morgan fingerprint density at radius 1 is 1.29 bits per heavy atom. The van der Waals surface area contributed by atoms with E-state index in [1.807, 2.05) is 0 Å². The van der Waals surface area contributed by atoms with E-state index < -0.39 is 34.9 Å². The molecule has 1 N–H and O–H groups in total. The average molecular weight is 395 g/mol. The van der Waals surface area contributed by atoms with Crippen LogP contribution in [0.1, 0.15) is 16.2 Å². The maximum absolute atomic E-state index is 12.5. The van der Waals surface area contributed by atoms with Crippen molar-refractivity contribution in [3.05, 3.63) is 58.0 Å². The summed E-state index contributed by atoms with van der Waals surface area (Å²) >= 11 is 0. The first-order valence-corrected chi connectivity index (χ1v) is 7.79. The van der Waals surface area contributed by atoms with E-state index in [-0.39, 0.29) is 11.4 Å². The monoisotopic (exact) mass is 395 g/mol. The van der Waals surface area contributed by atoms with Gasteiger partial charge >= 0.3 is 6.18 Å². The molecule has 0 spiro atoms. The van der Waals surface area contributed by atoms with Crippen molar-refractivity contribution in [2.75, 3.05) is 11.9 Å². The number of ether oxygens (including phenoxy) is 1. The zero-order chi connectivity index (χ0) is 20.5. The molecule has 3 aromatic rings. The van der Waals surface area contributed by atoms with Gasteiger partial charge < -0.3 is 14.5 Å². The van der Waals surface area contributed by atoms with Gasteiger partial charge in [0.2, 0.25) is 0 Å². The molecular weight excluding hydrogens is 383 g/mol. The Morgan fingerprint density at radius 2 is 2.04 bits per heavy atom. The zero-order valence-electron chi connectivity index (χ0n) is 14.2. The van der Waals surface area contributed by atoms with Crippen molar-refractivity contribution in [3.8, 4) is 5.75 Å². The number of halogens is 3. The van der Waals surface area contributed by atoms with Crippen LogP contribution in [0.25, 0.3) is 11.1 Å². The van der Waals surface area contributed by atoms with Crippen molar-refractivity contribution in [2.24, 2.45) is 0 Å². The third-order valence-corrected chi connectivity index (χ3v) is 3.56. The van der Waals surface area contributed by atoms with Crippen molar-refractivity contribution in [1.29, 1.82) is 0 Å². The molecule has 0 radical (unpaired) electrons. The van der Waals surface area contributed by atoms with Crippen LogP contribution in [0.15, 0.2) is 40.8 Å². The number of anilines is 1. The van der Waals surface area contributed by atoms with Crippen LogP contribution in [0.5, 0.6) is 5.75 Å². The van der Waals surface area contributed by atoms with Gasteiger partial charge in [0.25, 0.3) is 11.6 Å². The summed E-state index contributed by atoms with van der Waals surface area (Å²) in [6.45, 7) is 0.0576. The fourth-order valence-electron chi connectivity index (χ4n) is 2.43. The fraction of sp³-hybridized carbons (Fsp3) is 0.176. The average Bonchev–Trinajstić information content (AvgIpc) is 2.98. The normalized spacial score (nSPS) is 11.4. The lowest BCUT2D eigenvalue weighted by molar-refractivity contribution is -0.385. The first-order chi connectivity index (χ1) is 13.1. The summed E-state index contributed by atoms with van der Waals surface area (Å²) in [6, 6.07) is 7.34. The number of fused-ring (bicyclic) bond motifs is 1. The molecule has 8 nitrogen and oxygen atoms in total. The second-order valence-electron chi connectivity index (χ2n) is 5.71. The van der Waals surface area contributed by atoms with Gasteiger partial charge in [-0.1, -0.05) is 0 Å². The molecule has 0 aliphatic carbocycles. The van der Waals surface area contributed by atoms with Gasteiger partial charge in [0.1, 0.15) is 16.8 Å². The standard InChI is InChI=1S/C17H12F3N3O5/c1-9-21-13-6-10(2-5-15(13)28-9)22-16(24)12-7-11(27-8-17(18,19)20)3-4-14(12)23(25)26/h2-7H,8H2,1H3,(H,22,24). The van der Waals surface area contributed by atoms with Crippen molar-refractivity contribution in [3.63, 3.8) is 0 Å². The van der Waals surface area contributed by atoms with E-state index in [2.05, 4.69) is 15.0 Å². The summed E-state index contributed by atoms with van der Waals surface area (Å²) < 4.78 is 46.8. The van der Waals surface area contributed by atoms with E-state index >= 15 is 0 Å². The largest absolute Gasteiger partial charge is 0.484 e. The quantitative estimate of drug-likeness (QED) is 0.511. The minimum Gasteiger partial charge on any atom is -0.484 e. The Labute approximate surface area is 155 Å². The number of nitro groups is 1. The smallest absolute Gasteiger partial charge is 0.422 e. The Balaban J connectivity index is 1.87. The first kappa shape index (κ1) is 19.1. The van der Waals surface area contributed by atoms with Gasteiger partial charge in [0.05, 0.1) is 4.92 Å². The number of nitrogens with zero attached hydrogens (tertiary/aromatic N) is 2. The lowest BCUT2D eigenvalue weighted by Crippen LogP contribution is -2.20. The minimum absolute atomic E-state index is 0.279. The molecule has 2 aromatic carbocycles. The number of benzene rings is 2. The van der Waals surface area contributed by atoms with Crippen LogP contribution in [0.4, 0.5) is 24.5 Å². The number of carbonyl (C=O) groups is 1. The third-order valence-electron chi connectivity index (χ3n) is 3.56. The Morgan fingerprint density at radius 3 is 2.71 bits per heavy atom. The van der Waals surface area contributed by atoms with Crippen LogP contribution in [0.3, 0.4) is 0 Å². The second-order valence-corrected chi connectivity index (χ2v) is 5.71. The van der Waals surface area contributed by atoms with Crippen LogP contribution < -0.4 is 10.1 Å². The number of alkyl halides is 3. The highest BCUT2D eigenvalue weighted by Crippen LogP contribution is 2.27. The van der Waals surface area contributed by atoms with E-state index in [4.69, 9.17) is 4.42 Å². The van der Waals surface area contributed by atoms with E-state index in [9.17, 15) is 28.1 Å². The van der Waals surface area contributed by atoms with Gasteiger partial charge in [-0.05, 0) is 30.3 Å². The molecule has 0 atom stereocenters. The Kier molecular flexibility index (Phi) is 4.91. The van der Waals surface area contributed by atoms with Crippen LogP contribution >= 0.6 is 0 Å². The highest BCUT2D eigenvalue weighted by atomic mass is 19.4. The minimum atomic E-state index is -4.59. The maximum atomic E-state index is 12.5. The highest BCUT2D eigenvalue weighted by Gasteiger charge is 2.29. The lowest BCUT2D eigenvalue weighted by atomic mass is 10.1. The highest BCUT2D eigenvalue weighted by molar-refractivity contribution is 6.07. The molecular formula is C17H12F3N3O5. The predicted molar refractivity (Wildman–Crippen MR) is 91.3 cm³/mol. The molecule has 0 saturated carbocycles. The van der Waals surface area contributed by atoms with E-state index in [1.54, 1.807) is 13.0 Å². The SMILES string of the molecule is Cc1nc2cc(NC(=O)c3cc(OCC(F)(F)F)ccc3[N+](=O)[O-])ccc2o1. The molecule has 0 unspecified atom stereocenters. The number of nitrogens with one attached hydrogen (secondary N) is 1.